The number of ether oxygens (including phenoxy) is 2. The monoisotopic (exact) mass is 676 g/mol. The van der Waals surface area contributed by atoms with Crippen molar-refractivity contribution in [3.05, 3.63) is 156 Å². The molecule has 0 bridgehead atoms. The topological polar surface area (TPSA) is 18.5 Å². The summed E-state index contributed by atoms with van der Waals surface area (Å²) < 4.78 is 13.5. The second-order valence-corrected chi connectivity index (χ2v) is 16.3. The van der Waals surface area contributed by atoms with Crippen LogP contribution in [0, 0.1) is 0 Å². The summed E-state index contributed by atoms with van der Waals surface area (Å²) in [5.41, 5.74) is 1.90. The smallest absolute Gasteiger partial charge is 0.146 e. The van der Waals surface area contributed by atoms with Crippen LogP contribution in [0.2, 0.25) is 10.0 Å². The van der Waals surface area contributed by atoms with Crippen LogP contribution in [-0.4, -0.2) is 12.7 Å². The molecule has 0 saturated carbocycles. The molecule has 0 fully saturated rings. The second-order valence-electron chi connectivity index (χ2n) is 11.1. The van der Waals surface area contributed by atoms with Gasteiger partial charge in [-0.2, -0.15) is 0 Å². The molecule has 0 spiro atoms. The normalized spacial score (nSPS) is 14.3. The van der Waals surface area contributed by atoms with Crippen molar-refractivity contribution in [2.45, 2.75) is 19.4 Å². The third kappa shape index (κ3) is 6.21. The number of hydrogen-bond acceptors (Lipinski definition) is 2. The molecule has 6 aromatic carbocycles. The summed E-state index contributed by atoms with van der Waals surface area (Å²) in [6.07, 6.45) is 0.575. The molecule has 0 aliphatic carbocycles. The molecule has 1 aliphatic rings. The highest BCUT2D eigenvalue weighted by atomic mass is 35.5. The van der Waals surface area contributed by atoms with Crippen LogP contribution in [0.5, 0.6) is 11.5 Å². The largest absolute Gasteiger partial charge is 0.491 e. The number of benzene rings is 6. The van der Waals surface area contributed by atoms with E-state index in [4.69, 9.17) is 32.7 Å². The van der Waals surface area contributed by atoms with Crippen LogP contribution in [0.1, 0.15) is 13.3 Å². The van der Waals surface area contributed by atoms with Crippen molar-refractivity contribution in [1.29, 1.82) is 0 Å². The zero-order chi connectivity index (χ0) is 31.5. The maximum Gasteiger partial charge on any atom is 0.146 e. The maximum absolute atomic E-state index is 7.14. The van der Waals surface area contributed by atoms with Crippen molar-refractivity contribution in [2.24, 2.45) is 0 Å². The van der Waals surface area contributed by atoms with Crippen LogP contribution in [0.3, 0.4) is 0 Å². The Morgan fingerprint density at radius 3 is 1.28 bits per heavy atom. The molecule has 0 unspecified atom stereocenters. The van der Waals surface area contributed by atoms with E-state index in [1.165, 1.54) is 21.2 Å². The van der Waals surface area contributed by atoms with Crippen molar-refractivity contribution in [1.82, 2.24) is 0 Å². The minimum absolute atomic E-state index is 0.118. The summed E-state index contributed by atoms with van der Waals surface area (Å²) in [6.45, 7) is 2.55. The van der Waals surface area contributed by atoms with E-state index >= 15 is 0 Å². The minimum Gasteiger partial charge on any atom is -0.491 e. The van der Waals surface area contributed by atoms with Crippen LogP contribution in [-0.2, 0) is 0 Å². The molecule has 6 aromatic rings. The molecule has 1 heterocycles. The molecule has 228 valence electrons. The van der Waals surface area contributed by atoms with Gasteiger partial charge in [0.2, 0.25) is 0 Å². The van der Waals surface area contributed by atoms with Crippen molar-refractivity contribution >= 4 is 70.9 Å². The van der Waals surface area contributed by atoms with E-state index in [-0.39, 0.29) is 6.10 Å². The van der Waals surface area contributed by atoms with Gasteiger partial charge in [-0.25, -0.2) is 0 Å². The lowest BCUT2D eigenvalue weighted by Crippen LogP contribution is -2.27. The quantitative estimate of drug-likeness (QED) is 0.164. The first-order valence-electron chi connectivity index (χ1n) is 15.4. The first-order valence-corrected chi connectivity index (χ1v) is 18.8. The highest BCUT2D eigenvalue weighted by Crippen LogP contribution is 2.51. The van der Waals surface area contributed by atoms with Gasteiger partial charge < -0.3 is 9.47 Å². The average molecular weight is 678 g/mol. The van der Waals surface area contributed by atoms with Crippen LogP contribution >= 0.6 is 39.0 Å². The molecule has 6 heteroatoms. The lowest BCUT2D eigenvalue weighted by molar-refractivity contribution is 0.181. The fraction of sp³-hybridized carbons (Fsp3) is 0.100. The Balaban J connectivity index is 1.61. The van der Waals surface area contributed by atoms with Gasteiger partial charge in [-0.15, -0.1) is 0 Å². The Hall–Kier alpha value is -3.64. The van der Waals surface area contributed by atoms with E-state index in [1.54, 1.807) is 0 Å². The summed E-state index contributed by atoms with van der Waals surface area (Å²) >= 11 is 14.3. The summed E-state index contributed by atoms with van der Waals surface area (Å²) in [4.78, 5) is 0. The van der Waals surface area contributed by atoms with Gasteiger partial charge in [0.1, 0.15) is 11.5 Å². The number of rotatable bonds is 6. The van der Waals surface area contributed by atoms with Crippen molar-refractivity contribution < 1.29 is 9.47 Å². The van der Waals surface area contributed by atoms with Crippen molar-refractivity contribution in [2.75, 3.05) is 6.61 Å². The Bertz CT molecular complexity index is 1860. The van der Waals surface area contributed by atoms with E-state index in [1.807, 2.05) is 12.1 Å². The SMILES string of the molecule is C[C@H]1CCOc2c(Cl)ccc(P(c3ccccc3)c3ccccc3)c2-c2c(P(c3ccccc3)c3ccccc3)ccc(Cl)c2O1. The highest BCUT2D eigenvalue weighted by Gasteiger charge is 2.33. The predicted molar refractivity (Wildman–Crippen MR) is 200 cm³/mol. The summed E-state index contributed by atoms with van der Waals surface area (Å²) in [7, 11) is -2.04. The molecule has 1 aliphatic heterocycles. The van der Waals surface area contributed by atoms with Gasteiger partial charge in [-0.3, -0.25) is 0 Å². The van der Waals surface area contributed by atoms with E-state index < -0.39 is 15.8 Å². The van der Waals surface area contributed by atoms with E-state index in [0.29, 0.717) is 34.6 Å². The zero-order valence-electron chi connectivity index (χ0n) is 25.3. The van der Waals surface area contributed by atoms with Gasteiger partial charge in [0, 0.05) is 17.5 Å². The molecule has 0 saturated heterocycles. The van der Waals surface area contributed by atoms with Crippen LogP contribution < -0.4 is 41.3 Å². The van der Waals surface area contributed by atoms with Gasteiger partial charge in [-0.1, -0.05) is 157 Å². The van der Waals surface area contributed by atoms with Crippen LogP contribution in [0.15, 0.2) is 146 Å². The molecular weight excluding hydrogens is 645 g/mol. The van der Waals surface area contributed by atoms with E-state index in [2.05, 4.69) is 140 Å². The molecule has 0 N–H and O–H groups in total. The Morgan fingerprint density at radius 1 is 0.500 bits per heavy atom. The molecule has 0 radical (unpaired) electrons. The van der Waals surface area contributed by atoms with Gasteiger partial charge in [0.15, 0.2) is 0 Å². The Kier molecular flexibility index (Phi) is 9.43. The van der Waals surface area contributed by atoms with Crippen LogP contribution in [0.4, 0.5) is 0 Å². The average Bonchev–Trinajstić information content (AvgIpc) is 3.17. The standard InChI is InChI=1S/C40H32Cl2O2P2/c1-28-26-27-43-39-33(41)22-24-35(45(29-14-6-2-7-15-29)30-16-8-3-9-17-30)37(39)38-36(25-23-34(42)40(38)44-28)46(31-18-10-4-11-19-31)32-20-12-5-13-21-32/h2-25,28H,26-27H2,1H3/t28-/m0/s1. The number of halogens is 2. The van der Waals surface area contributed by atoms with E-state index in [0.717, 1.165) is 21.7 Å². The molecule has 0 amide bonds. The van der Waals surface area contributed by atoms with E-state index in [9.17, 15) is 0 Å². The summed E-state index contributed by atoms with van der Waals surface area (Å²) in [6, 6.07) is 51.2. The molecule has 46 heavy (non-hydrogen) atoms. The van der Waals surface area contributed by atoms with Gasteiger partial charge >= 0.3 is 0 Å². The third-order valence-electron chi connectivity index (χ3n) is 8.05. The number of hydrogen-bond donors (Lipinski definition) is 0. The number of fused-ring (bicyclic) bond motifs is 3. The second kappa shape index (κ2) is 14.0. The molecule has 1 atom stereocenters. The van der Waals surface area contributed by atoms with Crippen LogP contribution in [0.25, 0.3) is 11.1 Å². The summed E-state index contributed by atoms with van der Waals surface area (Å²) in [5, 5.41) is 8.38. The maximum atomic E-state index is 7.14. The third-order valence-corrected chi connectivity index (χ3v) is 13.6. The van der Waals surface area contributed by atoms with Crippen molar-refractivity contribution in [3.63, 3.8) is 0 Å². The molecule has 7 rings (SSSR count). The fourth-order valence-corrected chi connectivity index (χ4v) is 11.3. The first kappa shape index (κ1) is 31.0. The van der Waals surface area contributed by atoms with Gasteiger partial charge in [0.05, 0.1) is 22.8 Å². The van der Waals surface area contributed by atoms with Crippen molar-refractivity contribution in [3.8, 4) is 22.6 Å². The lowest BCUT2D eigenvalue weighted by Gasteiger charge is -2.29. The minimum atomic E-state index is -1.02. The molecule has 0 aromatic heterocycles. The van der Waals surface area contributed by atoms with Gasteiger partial charge in [0.25, 0.3) is 0 Å². The lowest BCUT2D eigenvalue weighted by atomic mass is 10.0. The highest BCUT2D eigenvalue weighted by molar-refractivity contribution is 7.80. The predicted octanol–water partition coefficient (Wildman–Crippen LogP) is 8.73. The first-order chi connectivity index (χ1) is 22.6. The molecule has 2 nitrogen and oxygen atoms in total. The zero-order valence-corrected chi connectivity index (χ0v) is 28.6. The molecular formula is C40H32Cl2O2P2. The summed E-state index contributed by atoms with van der Waals surface area (Å²) in [5.74, 6) is 1.36. The Labute approximate surface area is 283 Å². The van der Waals surface area contributed by atoms with Gasteiger partial charge in [-0.05, 0) is 66.7 Å². The Morgan fingerprint density at radius 2 is 0.870 bits per heavy atom. The fourth-order valence-electron chi connectivity index (χ4n) is 5.96.